The number of nitrogens with zero attached hydrogens (tertiary/aromatic N) is 1. The number of guanidine groups is 1. The molecule has 0 bridgehead atoms. The Kier molecular flexibility index (Phi) is 8.09. The van der Waals surface area contributed by atoms with Gasteiger partial charge in [0.2, 0.25) is 0 Å². The van der Waals surface area contributed by atoms with Crippen LogP contribution >= 0.6 is 0 Å². The van der Waals surface area contributed by atoms with Crippen LogP contribution in [0.1, 0.15) is 34.1 Å². The molecule has 90 valence electrons. The summed E-state index contributed by atoms with van der Waals surface area (Å²) in [6.07, 6.45) is 1.01. The Labute approximate surface area is 93.3 Å². The first-order chi connectivity index (χ1) is 7.11. The Morgan fingerprint density at radius 1 is 1.40 bits per heavy atom. The molecule has 0 rings (SSSR count). The van der Waals surface area contributed by atoms with Crippen molar-refractivity contribution in [3.8, 4) is 0 Å². The molecule has 0 heterocycles. The highest BCUT2D eigenvalue weighted by Crippen LogP contribution is 2.01. The van der Waals surface area contributed by atoms with Gasteiger partial charge in [-0.1, -0.05) is 20.8 Å². The molecule has 4 heteroatoms. The van der Waals surface area contributed by atoms with Gasteiger partial charge in [-0.05, 0) is 19.3 Å². The smallest absolute Gasteiger partial charge is 0.188 e. The van der Waals surface area contributed by atoms with E-state index in [-0.39, 0.29) is 6.04 Å². The average molecular weight is 215 g/mol. The van der Waals surface area contributed by atoms with Crippen molar-refractivity contribution >= 4 is 5.96 Å². The molecule has 0 aliphatic heterocycles. The molecular weight excluding hydrogens is 190 g/mol. The van der Waals surface area contributed by atoms with Gasteiger partial charge in [-0.15, -0.1) is 0 Å². The zero-order valence-corrected chi connectivity index (χ0v) is 10.4. The van der Waals surface area contributed by atoms with E-state index in [1.807, 2.05) is 6.92 Å². The fourth-order valence-electron chi connectivity index (χ4n) is 1.11. The predicted molar refractivity (Wildman–Crippen MR) is 65.0 cm³/mol. The molecule has 1 unspecified atom stereocenters. The van der Waals surface area contributed by atoms with E-state index in [2.05, 4.69) is 31.1 Å². The van der Waals surface area contributed by atoms with E-state index in [4.69, 9.17) is 10.5 Å². The molecule has 0 aromatic rings. The third-order valence-corrected chi connectivity index (χ3v) is 2.15. The first-order valence-electron chi connectivity index (χ1n) is 5.76. The van der Waals surface area contributed by atoms with Crippen LogP contribution in [0.25, 0.3) is 0 Å². The fourth-order valence-corrected chi connectivity index (χ4v) is 1.11. The molecule has 0 spiro atoms. The van der Waals surface area contributed by atoms with Crippen LogP contribution in [0.3, 0.4) is 0 Å². The molecule has 0 aliphatic carbocycles. The minimum atomic E-state index is 0.241. The molecule has 0 saturated heterocycles. The Balaban J connectivity index is 4.03. The van der Waals surface area contributed by atoms with Gasteiger partial charge >= 0.3 is 0 Å². The van der Waals surface area contributed by atoms with Gasteiger partial charge in [-0.2, -0.15) is 0 Å². The second-order valence-corrected chi connectivity index (χ2v) is 3.92. The SMILES string of the molecule is CCCN=C(N)NC(COCC)C(C)C. The van der Waals surface area contributed by atoms with Crippen LogP contribution < -0.4 is 11.1 Å². The molecule has 0 aromatic carbocycles. The summed E-state index contributed by atoms with van der Waals surface area (Å²) in [5, 5.41) is 3.19. The predicted octanol–water partition coefficient (Wildman–Crippen LogP) is 1.36. The number of aliphatic imine (C=N–C) groups is 1. The molecule has 3 N–H and O–H groups in total. The summed E-state index contributed by atoms with van der Waals surface area (Å²) in [6.45, 7) is 10.5. The van der Waals surface area contributed by atoms with Gasteiger partial charge in [0.05, 0.1) is 12.6 Å². The molecule has 0 fully saturated rings. The van der Waals surface area contributed by atoms with Gasteiger partial charge < -0.3 is 15.8 Å². The van der Waals surface area contributed by atoms with Gasteiger partial charge in [0.1, 0.15) is 0 Å². The normalized spacial score (nSPS) is 14.3. The number of hydrogen-bond acceptors (Lipinski definition) is 2. The summed E-state index contributed by atoms with van der Waals surface area (Å²) < 4.78 is 5.39. The van der Waals surface area contributed by atoms with E-state index in [1.54, 1.807) is 0 Å². The van der Waals surface area contributed by atoms with Crippen LogP contribution in [-0.4, -0.2) is 31.8 Å². The van der Waals surface area contributed by atoms with E-state index < -0.39 is 0 Å². The monoisotopic (exact) mass is 215 g/mol. The topological polar surface area (TPSA) is 59.6 Å². The maximum absolute atomic E-state index is 5.75. The van der Waals surface area contributed by atoms with Gasteiger partial charge in [0, 0.05) is 13.2 Å². The molecule has 0 aromatic heterocycles. The maximum atomic E-state index is 5.75. The van der Waals surface area contributed by atoms with Crippen molar-refractivity contribution in [1.82, 2.24) is 5.32 Å². The summed E-state index contributed by atoms with van der Waals surface area (Å²) in [7, 11) is 0. The van der Waals surface area contributed by atoms with Crippen LogP contribution in [0.2, 0.25) is 0 Å². The molecule has 0 saturated carbocycles. The average Bonchev–Trinajstić information content (AvgIpc) is 2.20. The maximum Gasteiger partial charge on any atom is 0.188 e. The number of nitrogens with one attached hydrogen (secondary N) is 1. The third kappa shape index (κ3) is 7.19. The van der Waals surface area contributed by atoms with Crippen molar-refractivity contribution in [1.29, 1.82) is 0 Å². The van der Waals surface area contributed by atoms with Crippen molar-refractivity contribution in [3.05, 3.63) is 0 Å². The fraction of sp³-hybridized carbons (Fsp3) is 0.909. The number of hydrogen-bond donors (Lipinski definition) is 2. The minimum absolute atomic E-state index is 0.241. The van der Waals surface area contributed by atoms with Crippen LogP contribution in [0, 0.1) is 5.92 Å². The van der Waals surface area contributed by atoms with E-state index in [1.165, 1.54) is 0 Å². The van der Waals surface area contributed by atoms with Crippen molar-refractivity contribution in [3.63, 3.8) is 0 Å². The Bertz CT molecular complexity index is 181. The van der Waals surface area contributed by atoms with Crippen LogP contribution in [-0.2, 0) is 4.74 Å². The van der Waals surface area contributed by atoms with E-state index in [0.717, 1.165) is 19.6 Å². The minimum Gasteiger partial charge on any atom is -0.380 e. The van der Waals surface area contributed by atoms with Crippen LogP contribution in [0.5, 0.6) is 0 Å². The zero-order valence-electron chi connectivity index (χ0n) is 10.4. The highest BCUT2D eigenvalue weighted by Gasteiger charge is 2.13. The van der Waals surface area contributed by atoms with Gasteiger partial charge in [-0.25, -0.2) is 0 Å². The standard InChI is InChI=1S/C11H25N3O/c1-5-7-13-11(12)14-10(9(3)4)8-15-6-2/h9-10H,5-8H2,1-4H3,(H3,12,13,14). The lowest BCUT2D eigenvalue weighted by molar-refractivity contribution is 0.115. The van der Waals surface area contributed by atoms with Crippen molar-refractivity contribution in [2.45, 2.75) is 40.2 Å². The molecule has 0 aliphatic rings. The van der Waals surface area contributed by atoms with E-state index in [9.17, 15) is 0 Å². The van der Waals surface area contributed by atoms with Gasteiger partial charge in [0.25, 0.3) is 0 Å². The molecule has 0 radical (unpaired) electrons. The highest BCUT2D eigenvalue weighted by molar-refractivity contribution is 5.78. The van der Waals surface area contributed by atoms with Gasteiger partial charge in [-0.3, -0.25) is 4.99 Å². The van der Waals surface area contributed by atoms with Crippen molar-refractivity contribution in [2.75, 3.05) is 19.8 Å². The van der Waals surface area contributed by atoms with Gasteiger partial charge in [0.15, 0.2) is 5.96 Å². The summed E-state index contributed by atoms with van der Waals surface area (Å²) in [6, 6.07) is 0.241. The van der Waals surface area contributed by atoms with Crippen molar-refractivity contribution < 1.29 is 4.74 Å². The largest absolute Gasteiger partial charge is 0.380 e. The third-order valence-electron chi connectivity index (χ3n) is 2.15. The summed E-state index contributed by atoms with van der Waals surface area (Å²) in [5.41, 5.74) is 5.75. The molecule has 1 atom stereocenters. The lowest BCUT2D eigenvalue weighted by atomic mass is 10.1. The van der Waals surface area contributed by atoms with E-state index >= 15 is 0 Å². The lowest BCUT2D eigenvalue weighted by Gasteiger charge is -2.22. The van der Waals surface area contributed by atoms with E-state index in [0.29, 0.717) is 18.5 Å². The molecule has 4 nitrogen and oxygen atoms in total. The first kappa shape index (κ1) is 14.2. The van der Waals surface area contributed by atoms with Crippen molar-refractivity contribution in [2.24, 2.45) is 16.6 Å². The molecule has 15 heavy (non-hydrogen) atoms. The number of nitrogens with two attached hydrogens (primary N) is 1. The first-order valence-corrected chi connectivity index (χ1v) is 5.76. The Hall–Kier alpha value is -0.770. The second-order valence-electron chi connectivity index (χ2n) is 3.92. The Morgan fingerprint density at radius 2 is 2.07 bits per heavy atom. The van der Waals surface area contributed by atoms with Crippen LogP contribution in [0.4, 0.5) is 0 Å². The quantitative estimate of drug-likeness (QED) is 0.498. The van der Waals surface area contributed by atoms with Crippen LogP contribution in [0.15, 0.2) is 4.99 Å². The summed E-state index contributed by atoms with van der Waals surface area (Å²) in [5.74, 6) is 1.00. The molecule has 0 amide bonds. The lowest BCUT2D eigenvalue weighted by Crippen LogP contribution is -2.45. The summed E-state index contributed by atoms with van der Waals surface area (Å²) in [4.78, 5) is 4.20. The Morgan fingerprint density at radius 3 is 2.53 bits per heavy atom. The highest BCUT2D eigenvalue weighted by atomic mass is 16.5. The number of rotatable bonds is 7. The second kappa shape index (κ2) is 8.53. The molecular formula is C11H25N3O. The number of ether oxygens (including phenoxy) is 1. The summed E-state index contributed by atoms with van der Waals surface area (Å²) >= 11 is 0. The zero-order chi connectivity index (χ0) is 11.7.